The maximum absolute atomic E-state index is 6.04. The van der Waals surface area contributed by atoms with Gasteiger partial charge in [0.2, 0.25) is 5.16 Å². The number of hydrogen-bond acceptors (Lipinski definition) is 5. The Morgan fingerprint density at radius 1 is 1.00 bits per heavy atom. The lowest BCUT2D eigenvalue weighted by atomic mass is 10.1. The first kappa shape index (κ1) is 12.7. The molecule has 3 rings (SSSR count). The monoisotopic (exact) mass is 283 g/mol. The van der Waals surface area contributed by atoms with Crippen molar-refractivity contribution in [2.45, 2.75) is 16.6 Å². The van der Waals surface area contributed by atoms with Crippen molar-refractivity contribution in [1.82, 2.24) is 19.9 Å². The van der Waals surface area contributed by atoms with E-state index in [4.69, 9.17) is 5.84 Å². The number of nitrogen functional groups attached to an aromatic ring is 1. The fourth-order valence-electron chi connectivity index (χ4n) is 1.78. The quantitative estimate of drug-likeness (QED) is 0.743. The summed E-state index contributed by atoms with van der Waals surface area (Å²) in [5, 5.41) is 9.74. The molecular formula is C14H13N5S. The van der Waals surface area contributed by atoms with Crippen LogP contribution in [0, 0.1) is 0 Å². The molecule has 2 aromatic heterocycles. The third-order valence-electron chi connectivity index (χ3n) is 2.77. The van der Waals surface area contributed by atoms with Crippen LogP contribution in [-0.2, 0) is 6.42 Å². The summed E-state index contributed by atoms with van der Waals surface area (Å²) in [5.41, 5.74) is 1.15. The molecule has 0 amide bonds. The molecule has 0 saturated carbocycles. The first-order valence-corrected chi connectivity index (χ1v) is 6.97. The molecule has 0 saturated heterocycles. The average Bonchev–Trinajstić information content (AvgIpc) is 2.83. The van der Waals surface area contributed by atoms with Gasteiger partial charge < -0.3 is 5.84 Å². The number of aromatic nitrogens is 4. The van der Waals surface area contributed by atoms with E-state index in [9.17, 15) is 0 Å². The third kappa shape index (κ3) is 2.80. The highest BCUT2D eigenvalue weighted by atomic mass is 32.2. The van der Waals surface area contributed by atoms with Gasteiger partial charge in [0, 0.05) is 12.6 Å². The smallest absolute Gasteiger partial charge is 0.216 e. The lowest BCUT2D eigenvalue weighted by Gasteiger charge is -2.03. The Bertz CT molecular complexity index is 622. The predicted molar refractivity (Wildman–Crippen MR) is 77.8 cm³/mol. The Balaban J connectivity index is 1.79. The number of nitrogens with zero attached hydrogens (tertiary/aromatic N) is 4. The summed E-state index contributed by atoms with van der Waals surface area (Å²) in [6.45, 7) is 0. The van der Waals surface area contributed by atoms with Crippen LogP contribution in [0.2, 0.25) is 0 Å². The van der Waals surface area contributed by atoms with Gasteiger partial charge in [-0.25, -0.2) is 9.66 Å². The topological polar surface area (TPSA) is 69.6 Å². The molecule has 0 radical (unpaired) electrons. The number of rotatable bonds is 4. The lowest BCUT2D eigenvalue weighted by Crippen LogP contribution is -2.14. The Morgan fingerprint density at radius 2 is 1.80 bits per heavy atom. The molecule has 0 bridgehead atoms. The Morgan fingerprint density at radius 3 is 2.55 bits per heavy atom. The zero-order chi connectivity index (χ0) is 13.8. The maximum atomic E-state index is 6.04. The number of hydrogen-bond donors (Lipinski definition) is 1. The molecule has 0 unspecified atom stereocenters. The van der Waals surface area contributed by atoms with Crippen molar-refractivity contribution in [2.75, 3.05) is 5.84 Å². The van der Waals surface area contributed by atoms with E-state index in [-0.39, 0.29) is 0 Å². The number of pyridine rings is 1. The SMILES string of the molecule is Nn1c(Cc2ccccc2)nnc1Sc1ccccn1. The van der Waals surface area contributed by atoms with Gasteiger partial charge in [0.1, 0.15) is 5.03 Å². The van der Waals surface area contributed by atoms with Crippen LogP contribution in [-0.4, -0.2) is 19.9 Å². The second-order valence-corrected chi connectivity index (χ2v) is 5.19. The van der Waals surface area contributed by atoms with Gasteiger partial charge in [-0.05, 0) is 29.5 Å². The highest BCUT2D eigenvalue weighted by molar-refractivity contribution is 7.99. The highest BCUT2D eigenvalue weighted by Crippen LogP contribution is 2.23. The molecule has 5 nitrogen and oxygen atoms in total. The van der Waals surface area contributed by atoms with E-state index in [1.165, 1.54) is 16.4 Å². The highest BCUT2D eigenvalue weighted by Gasteiger charge is 2.11. The third-order valence-corrected chi connectivity index (χ3v) is 3.69. The summed E-state index contributed by atoms with van der Waals surface area (Å²) in [6.07, 6.45) is 2.40. The number of nitrogens with two attached hydrogens (primary N) is 1. The van der Waals surface area contributed by atoms with E-state index < -0.39 is 0 Å². The van der Waals surface area contributed by atoms with Gasteiger partial charge in [0.05, 0.1) is 0 Å². The van der Waals surface area contributed by atoms with Crippen molar-refractivity contribution in [2.24, 2.45) is 0 Å². The summed E-state index contributed by atoms with van der Waals surface area (Å²) in [7, 11) is 0. The van der Waals surface area contributed by atoms with Gasteiger partial charge in [-0.1, -0.05) is 36.4 Å². The molecule has 0 fully saturated rings. The van der Waals surface area contributed by atoms with Crippen LogP contribution < -0.4 is 5.84 Å². The van der Waals surface area contributed by atoms with Crippen LogP contribution in [0.4, 0.5) is 0 Å². The molecule has 0 aliphatic carbocycles. The van der Waals surface area contributed by atoms with E-state index in [2.05, 4.69) is 15.2 Å². The van der Waals surface area contributed by atoms with Gasteiger partial charge in [-0.2, -0.15) is 0 Å². The van der Waals surface area contributed by atoms with E-state index in [0.29, 0.717) is 11.6 Å². The largest absolute Gasteiger partial charge is 0.336 e. The first-order valence-electron chi connectivity index (χ1n) is 6.15. The fourth-order valence-corrected chi connectivity index (χ4v) is 2.51. The first-order chi connectivity index (χ1) is 9.83. The molecule has 100 valence electrons. The Labute approximate surface area is 120 Å². The summed E-state index contributed by atoms with van der Waals surface area (Å²) in [4.78, 5) is 4.23. The second kappa shape index (κ2) is 5.75. The minimum atomic E-state index is 0.634. The van der Waals surface area contributed by atoms with Crippen LogP contribution in [0.3, 0.4) is 0 Å². The summed E-state index contributed by atoms with van der Waals surface area (Å²) >= 11 is 1.40. The predicted octanol–water partition coefficient (Wildman–Crippen LogP) is 2.13. The van der Waals surface area contributed by atoms with Gasteiger partial charge >= 0.3 is 0 Å². The Hall–Kier alpha value is -2.34. The molecule has 2 heterocycles. The molecule has 3 aromatic rings. The molecule has 6 heteroatoms. The van der Waals surface area contributed by atoms with Crippen molar-refractivity contribution in [1.29, 1.82) is 0 Å². The van der Waals surface area contributed by atoms with Gasteiger partial charge in [0.15, 0.2) is 5.82 Å². The van der Waals surface area contributed by atoms with E-state index >= 15 is 0 Å². The van der Waals surface area contributed by atoms with E-state index in [0.717, 1.165) is 16.4 Å². The minimum absolute atomic E-state index is 0.634. The maximum Gasteiger partial charge on any atom is 0.216 e. The van der Waals surface area contributed by atoms with Crippen molar-refractivity contribution < 1.29 is 0 Å². The standard InChI is InChI=1S/C14H13N5S/c15-19-12(10-11-6-2-1-3-7-11)17-18-14(19)20-13-8-4-5-9-16-13/h1-9H,10,15H2. The summed E-state index contributed by atoms with van der Waals surface area (Å²) in [6, 6.07) is 15.8. The zero-order valence-corrected chi connectivity index (χ0v) is 11.5. The van der Waals surface area contributed by atoms with Crippen LogP contribution in [0.15, 0.2) is 64.9 Å². The number of benzene rings is 1. The Kier molecular flexibility index (Phi) is 3.64. The van der Waals surface area contributed by atoms with E-state index in [1.807, 2.05) is 48.5 Å². The van der Waals surface area contributed by atoms with Crippen LogP contribution >= 0.6 is 11.8 Å². The molecular weight excluding hydrogens is 270 g/mol. The van der Waals surface area contributed by atoms with Gasteiger partial charge in [-0.15, -0.1) is 10.2 Å². The van der Waals surface area contributed by atoms with Crippen LogP contribution in [0.5, 0.6) is 0 Å². The summed E-state index contributed by atoms with van der Waals surface area (Å²) < 4.78 is 1.52. The zero-order valence-electron chi connectivity index (χ0n) is 10.7. The fraction of sp³-hybridized carbons (Fsp3) is 0.0714. The molecule has 20 heavy (non-hydrogen) atoms. The van der Waals surface area contributed by atoms with Gasteiger partial charge in [-0.3, -0.25) is 0 Å². The average molecular weight is 283 g/mol. The van der Waals surface area contributed by atoms with Crippen molar-refractivity contribution >= 4 is 11.8 Å². The van der Waals surface area contributed by atoms with Crippen molar-refractivity contribution in [3.63, 3.8) is 0 Å². The molecule has 1 aromatic carbocycles. The van der Waals surface area contributed by atoms with Crippen molar-refractivity contribution in [3.8, 4) is 0 Å². The van der Waals surface area contributed by atoms with Crippen molar-refractivity contribution in [3.05, 3.63) is 66.1 Å². The molecule has 0 aliphatic rings. The molecule has 0 aliphatic heterocycles. The minimum Gasteiger partial charge on any atom is -0.336 e. The summed E-state index contributed by atoms with van der Waals surface area (Å²) in [5.74, 6) is 6.77. The molecule has 2 N–H and O–H groups in total. The second-order valence-electron chi connectivity index (χ2n) is 4.20. The van der Waals surface area contributed by atoms with Crippen LogP contribution in [0.1, 0.15) is 11.4 Å². The van der Waals surface area contributed by atoms with Crippen LogP contribution in [0.25, 0.3) is 0 Å². The molecule has 0 atom stereocenters. The normalized spacial score (nSPS) is 10.6. The lowest BCUT2D eigenvalue weighted by molar-refractivity contribution is 0.804. The van der Waals surface area contributed by atoms with E-state index in [1.54, 1.807) is 6.20 Å². The van der Waals surface area contributed by atoms with Gasteiger partial charge in [0.25, 0.3) is 0 Å². The molecule has 0 spiro atoms.